The largest absolute Gasteiger partial charge is 0.470 e. The third-order valence-corrected chi connectivity index (χ3v) is 3.63. The minimum Gasteiger partial charge on any atom is -0.470 e. The number of nitro benzene ring substituents is 1. The van der Waals surface area contributed by atoms with Crippen LogP contribution in [0.15, 0.2) is 42.6 Å². The number of carbonyl (C=O) groups is 1. The Labute approximate surface area is 137 Å². The van der Waals surface area contributed by atoms with Gasteiger partial charge in [-0.3, -0.25) is 14.9 Å². The number of non-ortho nitro benzene ring substituents is 1. The van der Waals surface area contributed by atoms with Crippen LogP contribution in [0.4, 0.5) is 5.69 Å². The lowest BCUT2D eigenvalue weighted by atomic mass is 10.1. The summed E-state index contributed by atoms with van der Waals surface area (Å²) >= 11 is 0. The van der Waals surface area contributed by atoms with Gasteiger partial charge in [-0.05, 0) is 24.3 Å². The highest BCUT2D eigenvalue weighted by Gasteiger charge is 2.33. The van der Waals surface area contributed by atoms with Crippen LogP contribution in [-0.4, -0.2) is 39.9 Å². The Hall–Kier alpha value is -3.47. The lowest BCUT2D eigenvalue weighted by Gasteiger charge is -2.38. The van der Waals surface area contributed by atoms with E-state index >= 15 is 0 Å². The predicted octanol–water partition coefficient (Wildman–Crippen LogP) is 1.76. The van der Waals surface area contributed by atoms with Crippen LogP contribution in [0, 0.1) is 21.4 Å². The average Bonchev–Trinajstić information content (AvgIpc) is 2.57. The van der Waals surface area contributed by atoms with Crippen molar-refractivity contribution in [2.45, 2.75) is 6.10 Å². The molecule has 1 amide bonds. The second kappa shape index (κ2) is 6.34. The number of ether oxygens (including phenoxy) is 1. The van der Waals surface area contributed by atoms with Crippen molar-refractivity contribution >= 4 is 11.6 Å². The Balaban J connectivity index is 1.59. The van der Waals surface area contributed by atoms with E-state index in [2.05, 4.69) is 4.98 Å². The number of benzene rings is 1. The van der Waals surface area contributed by atoms with E-state index in [1.807, 2.05) is 6.07 Å². The summed E-state index contributed by atoms with van der Waals surface area (Å²) in [6, 6.07) is 10.7. The van der Waals surface area contributed by atoms with Crippen molar-refractivity contribution in [2.24, 2.45) is 0 Å². The highest BCUT2D eigenvalue weighted by Crippen LogP contribution is 2.21. The Morgan fingerprint density at radius 3 is 2.67 bits per heavy atom. The van der Waals surface area contributed by atoms with Gasteiger partial charge in [-0.1, -0.05) is 0 Å². The molecule has 120 valence electrons. The van der Waals surface area contributed by atoms with Crippen LogP contribution < -0.4 is 4.74 Å². The van der Waals surface area contributed by atoms with Crippen molar-refractivity contribution in [2.75, 3.05) is 13.1 Å². The number of likely N-dealkylation sites (tertiary alicyclic amines) is 1. The van der Waals surface area contributed by atoms with Crippen molar-refractivity contribution < 1.29 is 14.5 Å². The molecule has 1 aromatic carbocycles. The second-order valence-corrected chi connectivity index (χ2v) is 5.22. The minimum absolute atomic E-state index is 0.0597. The molecule has 1 aliphatic heterocycles. The summed E-state index contributed by atoms with van der Waals surface area (Å²) < 4.78 is 5.62. The molecule has 8 nitrogen and oxygen atoms in total. The standard InChI is InChI=1S/C16H12N4O4/c17-8-12-2-1-7-18-15(12)24-14-9-19(10-14)16(21)11-3-5-13(6-4-11)20(22)23/h1-7,14H,9-10H2. The quantitative estimate of drug-likeness (QED) is 0.626. The van der Waals surface area contributed by atoms with Gasteiger partial charge in [0, 0.05) is 23.9 Å². The normalized spacial score (nSPS) is 13.7. The van der Waals surface area contributed by atoms with Crippen LogP contribution in [0.1, 0.15) is 15.9 Å². The molecule has 3 rings (SSSR count). The fraction of sp³-hybridized carbons (Fsp3) is 0.188. The number of nitriles is 1. The van der Waals surface area contributed by atoms with Gasteiger partial charge in [0.1, 0.15) is 17.7 Å². The molecular formula is C16H12N4O4. The number of amides is 1. The first-order valence-corrected chi connectivity index (χ1v) is 7.14. The van der Waals surface area contributed by atoms with E-state index in [1.165, 1.54) is 30.5 Å². The lowest BCUT2D eigenvalue weighted by Crippen LogP contribution is -2.56. The molecule has 1 aromatic heterocycles. The van der Waals surface area contributed by atoms with Gasteiger partial charge in [0.25, 0.3) is 11.6 Å². The summed E-state index contributed by atoms with van der Waals surface area (Å²) in [7, 11) is 0. The molecular weight excluding hydrogens is 312 g/mol. The van der Waals surface area contributed by atoms with Gasteiger partial charge in [0.15, 0.2) is 0 Å². The fourth-order valence-corrected chi connectivity index (χ4v) is 2.31. The summed E-state index contributed by atoms with van der Waals surface area (Å²) in [6.45, 7) is 0.745. The van der Waals surface area contributed by atoms with Gasteiger partial charge in [0.05, 0.1) is 18.0 Å². The summed E-state index contributed by atoms with van der Waals surface area (Å²) in [5.41, 5.74) is 0.669. The molecule has 0 N–H and O–H groups in total. The zero-order valence-corrected chi connectivity index (χ0v) is 12.5. The summed E-state index contributed by atoms with van der Waals surface area (Å²) in [4.78, 5) is 28.0. The highest BCUT2D eigenvalue weighted by atomic mass is 16.6. The van der Waals surface area contributed by atoms with E-state index in [4.69, 9.17) is 10.00 Å². The molecule has 0 aliphatic carbocycles. The van der Waals surface area contributed by atoms with Crippen LogP contribution >= 0.6 is 0 Å². The number of carbonyl (C=O) groups excluding carboxylic acids is 1. The Kier molecular flexibility index (Phi) is 4.07. The maximum Gasteiger partial charge on any atom is 0.269 e. The number of nitrogens with zero attached hydrogens (tertiary/aromatic N) is 4. The van der Waals surface area contributed by atoms with Gasteiger partial charge < -0.3 is 9.64 Å². The van der Waals surface area contributed by atoms with E-state index < -0.39 is 4.92 Å². The van der Waals surface area contributed by atoms with Crippen molar-refractivity contribution in [3.63, 3.8) is 0 Å². The number of hydrogen-bond donors (Lipinski definition) is 0. The molecule has 8 heteroatoms. The SMILES string of the molecule is N#Cc1cccnc1OC1CN(C(=O)c2ccc([N+](=O)[O-])cc2)C1. The molecule has 2 heterocycles. The van der Waals surface area contributed by atoms with E-state index in [0.717, 1.165) is 0 Å². The topological polar surface area (TPSA) is 109 Å². The van der Waals surface area contributed by atoms with Crippen LogP contribution in [-0.2, 0) is 0 Å². The first-order valence-electron chi connectivity index (χ1n) is 7.14. The van der Waals surface area contributed by atoms with Crippen molar-refractivity contribution in [3.05, 3.63) is 63.8 Å². The molecule has 0 atom stereocenters. The maximum atomic E-state index is 12.3. The van der Waals surface area contributed by atoms with Gasteiger partial charge in [-0.25, -0.2) is 4.98 Å². The monoisotopic (exact) mass is 324 g/mol. The Morgan fingerprint density at radius 2 is 2.04 bits per heavy atom. The first kappa shape index (κ1) is 15.4. The molecule has 0 spiro atoms. The van der Waals surface area contributed by atoms with Crippen LogP contribution in [0.25, 0.3) is 0 Å². The fourth-order valence-electron chi connectivity index (χ4n) is 2.31. The number of hydrogen-bond acceptors (Lipinski definition) is 6. The van der Waals surface area contributed by atoms with Gasteiger partial charge in [0.2, 0.25) is 5.88 Å². The predicted molar refractivity (Wildman–Crippen MR) is 82.4 cm³/mol. The second-order valence-electron chi connectivity index (χ2n) is 5.22. The van der Waals surface area contributed by atoms with Crippen molar-refractivity contribution in [1.29, 1.82) is 5.26 Å². The summed E-state index contributed by atoms with van der Waals surface area (Å²) in [5.74, 6) is 0.0405. The first-order chi connectivity index (χ1) is 11.6. The molecule has 1 fully saturated rings. The summed E-state index contributed by atoms with van der Waals surface area (Å²) in [6.07, 6.45) is 1.31. The van der Waals surface area contributed by atoms with Crippen LogP contribution in [0.3, 0.4) is 0 Å². The zero-order valence-electron chi connectivity index (χ0n) is 12.5. The number of pyridine rings is 1. The Bertz CT molecular complexity index is 823. The van der Waals surface area contributed by atoms with Gasteiger partial charge in [-0.2, -0.15) is 5.26 Å². The minimum atomic E-state index is -0.513. The van der Waals surface area contributed by atoms with Gasteiger partial charge in [-0.15, -0.1) is 0 Å². The molecule has 1 aliphatic rings. The summed E-state index contributed by atoms with van der Waals surface area (Å²) in [5, 5.41) is 19.6. The lowest BCUT2D eigenvalue weighted by molar-refractivity contribution is -0.384. The average molecular weight is 324 g/mol. The number of nitro groups is 1. The van der Waals surface area contributed by atoms with Gasteiger partial charge >= 0.3 is 0 Å². The maximum absolute atomic E-state index is 12.3. The van der Waals surface area contributed by atoms with Crippen molar-refractivity contribution in [3.8, 4) is 11.9 Å². The van der Waals surface area contributed by atoms with E-state index in [1.54, 1.807) is 17.0 Å². The zero-order chi connectivity index (χ0) is 17.1. The van der Waals surface area contributed by atoms with E-state index in [0.29, 0.717) is 24.2 Å². The van der Waals surface area contributed by atoms with Crippen LogP contribution in [0.2, 0.25) is 0 Å². The van der Waals surface area contributed by atoms with E-state index in [-0.39, 0.29) is 23.6 Å². The van der Waals surface area contributed by atoms with E-state index in [9.17, 15) is 14.9 Å². The molecule has 24 heavy (non-hydrogen) atoms. The molecule has 0 unspecified atom stereocenters. The molecule has 2 aromatic rings. The Morgan fingerprint density at radius 1 is 1.33 bits per heavy atom. The molecule has 0 saturated carbocycles. The molecule has 1 saturated heterocycles. The number of aromatic nitrogens is 1. The molecule has 0 bridgehead atoms. The third-order valence-electron chi connectivity index (χ3n) is 3.63. The highest BCUT2D eigenvalue weighted by molar-refractivity contribution is 5.95. The van der Waals surface area contributed by atoms with Crippen LogP contribution in [0.5, 0.6) is 5.88 Å². The number of rotatable bonds is 4. The third kappa shape index (κ3) is 3.01. The van der Waals surface area contributed by atoms with Crippen molar-refractivity contribution in [1.82, 2.24) is 9.88 Å². The smallest absolute Gasteiger partial charge is 0.269 e. The molecule has 0 radical (unpaired) electrons.